The Kier molecular flexibility index (Phi) is 30.9. The second-order valence-corrected chi connectivity index (χ2v) is 15.7. The lowest BCUT2D eigenvalue weighted by Gasteiger charge is -2.36. The van der Waals surface area contributed by atoms with Gasteiger partial charge in [-0.2, -0.15) is 0 Å². The first-order valence-electron chi connectivity index (χ1n) is 21.0. The number of aliphatic hydroxyl groups excluding tert-OH is 3. The summed E-state index contributed by atoms with van der Waals surface area (Å²) in [6.45, 7) is 3.29. The molecular weight excluding hydrogens is 739 g/mol. The molecule has 0 aromatic rings. The molecule has 0 spiro atoms. The van der Waals surface area contributed by atoms with Crippen molar-refractivity contribution in [3.8, 4) is 0 Å². The minimum atomic E-state index is -4.83. The van der Waals surface area contributed by atoms with Crippen LogP contribution >= 0.6 is 7.82 Å². The minimum absolute atomic E-state index is 0.0652. The monoisotopic (exact) mass is 812 g/mol. The number of allylic oxidation sites excluding steroid dienone is 8. The van der Waals surface area contributed by atoms with Crippen molar-refractivity contribution < 1.29 is 58.0 Å². The van der Waals surface area contributed by atoms with Crippen molar-refractivity contribution in [1.29, 1.82) is 0 Å². The third kappa shape index (κ3) is 29.8. The normalized spacial score (nSPS) is 20.6. The average Bonchev–Trinajstić information content (AvgIpc) is 3.14. The molecule has 1 fully saturated rings. The van der Waals surface area contributed by atoms with E-state index in [2.05, 4.69) is 54.8 Å². The van der Waals surface area contributed by atoms with Crippen molar-refractivity contribution in [2.45, 2.75) is 179 Å². The number of carbonyl (C=O) groups excluding carboxylic acids is 2. The molecule has 0 saturated carbocycles. The van der Waals surface area contributed by atoms with Crippen molar-refractivity contribution in [2.24, 2.45) is 5.92 Å². The van der Waals surface area contributed by atoms with Crippen LogP contribution in [0.25, 0.3) is 0 Å². The van der Waals surface area contributed by atoms with Gasteiger partial charge in [-0.3, -0.25) is 14.1 Å². The first-order chi connectivity index (χ1) is 26.9. The lowest BCUT2D eigenvalue weighted by molar-refractivity contribution is -0.199. The Labute approximate surface area is 336 Å². The Hall–Kier alpha value is -2.41. The van der Waals surface area contributed by atoms with Crippen LogP contribution in [0.5, 0.6) is 0 Å². The Morgan fingerprint density at radius 3 is 2.02 bits per heavy atom. The zero-order valence-electron chi connectivity index (χ0n) is 34.0. The number of phosphoric acid groups is 1. The van der Waals surface area contributed by atoms with Crippen LogP contribution in [0.4, 0.5) is 0 Å². The smallest absolute Gasteiger partial charge is 0.462 e. The molecule has 6 atom stereocenters. The second kappa shape index (κ2) is 33.6. The van der Waals surface area contributed by atoms with Crippen LogP contribution in [0, 0.1) is 5.92 Å². The van der Waals surface area contributed by atoms with Crippen LogP contribution in [0.15, 0.2) is 60.8 Å². The molecule has 322 valence electrons. The molecule has 1 aliphatic rings. The van der Waals surface area contributed by atoms with Crippen molar-refractivity contribution in [3.05, 3.63) is 60.8 Å². The minimum Gasteiger partial charge on any atom is -0.462 e. The van der Waals surface area contributed by atoms with Gasteiger partial charge in [-0.25, -0.2) is 4.57 Å². The SMILES string of the molecule is CCCCC/C=C\C/C=C\C/C=C\CCCCCCC(=O)O[C@H](COC(=O)CCC/C=C\C[C@H]1[C@@H](O)CC(O)O[C@@H]1/C=C/[C@@H](O)CCCCC)COP(=O)(O)O. The van der Waals surface area contributed by atoms with Gasteiger partial charge < -0.3 is 39.3 Å². The van der Waals surface area contributed by atoms with Gasteiger partial charge in [0.15, 0.2) is 12.4 Å². The van der Waals surface area contributed by atoms with Gasteiger partial charge >= 0.3 is 19.8 Å². The van der Waals surface area contributed by atoms with Crippen molar-refractivity contribution in [2.75, 3.05) is 13.2 Å². The molecule has 1 aliphatic heterocycles. The first-order valence-corrected chi connectivity index (χ1v) is 22.5. The van der Waals surface area contributed by atoms with Crippen LogP contribution < -0.4 is 0 Å². The Morgan fingerprint density at radius 2 is 1.34 bits per heavy atom. The van der Waals surface area contributed by atoms with E-state index in [1.165, 1.54) is 19.3 Å². The zero-order chi connectivity index (χ0) is 41.3. The fraction of sp³-hybridized carbons (Fsp3) is 0.721. The van der Waals surface area contributed by atoms with E-state index in [-0.39, 0.29) is 25.2 Å². The number of phosphoric ester groups is 1. The fourth-order valence-corrected chi connectivity index (χ4v) is 6.43. The molecule has 0 radical (unpaired) electrons. The molecule has 0 bridgehead atoms. The summed E-state index contributed by atoms with van der Waals surface area (Å²) < 4.78 is 32.0. The van der Waals surface area contributed by atoms with Crippen LogP contribution in [0.2, 0.25) is 0 Å². The third-order valence-electron chi connectivity index (χ3n) is 9.30. The van der Waals surface area contributed by atoms with E-state index in [0.717, 1.165) is 64.2 Å². The molecule has 13 heteroatoms. The summed E-state index contributed by atoms with van der Waals surface area (Å²) in [6.07, 6.45) is 32.7. The van der Waals surface area contributed by atoms with Gasteiger partial charge in [-0.15, -0.1) is 0 Å². The molecule has 5 N–H and O–H groups in total. The van der Waals surface area contributed by atoms with Gasteiger partial charge in [-0.1, -0.05) is 120 Å². The molecule has 0 aromatic carbocycles. The van der Waals surface area contributed by atoms with Gasteiger partial charge in [0.05, 0.1) is 24.9 Å². The summed E-state index contributed by atoms with van der Waals surface area (Å²) in [5, 5.41) is 30.8. The van der Waals surface area contributed by atoms with Crippen molar-refractivity contribution in [1.82, 2.24) is 0 Å². The standard InChI is InChI=1S/C43H73O12P/c1-3-5-7-8-9-10-11-12-13-14-15-16-17-18-19-20-26-30-42(47)54-37(35-53-56(49,50)51)34-52-41(46)29-25-22-21-24-28-38-39(45)33-43(48)55-40(38)32-31-36(44)27-23-6-4-2/h9-10,12-13,15-16,21,24,31-32,36-40,43-45,48H,3-8,11,14,17-20,22-23,25-30,33-35H2,1-2H3,(H2,49,50,51)/b10-9-,13-12-,16-15-,24-21-,32-31+/t36-,37+,38-,39-,40+,43?/m0/s1. The quantitative estimate of drug-likeness (QED) is 0.0184. The van der Waals surface area contributed by atoms with E-state index in [1.54, 1.807) is 12.2 Å². The number of ether oxygens (including phenoxy) is 3. The summed E-state index contributed by atoms with van der Waals surface area (Å²) in [6, 6.07) is 0. The zero-order valence-corrected chi connectivity index (χ0v) is 34.9. The van der Waals surface area contributed by atoms with Crippen LogP contribution in [-0.4, -0.2) is 81.0 Å². The second-order valence-electron chi connectivity index (χ2n) is 14.5. The van der Waals surface area contributed by atoms with E-state index >= 15 is 0 Å². The average molecular weight is 813 g/mol. The summed E-state index contributed by atoms with van der Waals surface area (Å²) in [5.41, 5.74) is 0. The highest BCUT2D eigenvalue weighted by molar-refractivity contribution is 7.46. The van der Waals surface area contributed by atoms with E-state index in [0.29, 0.717) is 32.1 Å². The predicted molar refractivity (Wildman–Crippen MR) is 219 cm³/mol. The summed E-state index contributed by atoms with van der Waals surface area (Å²) in [4.78, 5) is 43.1. The van der Waals surface area contributed by atoms with E-state index < -0.39 is 63.7 Å². The largest absolute Gasteiger partial charge is 0.469 e. The molecular formula is C43H73O12P. The topological polar surface area (TPSA) is 189 Å². The van der Waals surface area contributed by atoms with Crippen molar-refractivity contribution >= 4 is 19.8 Å². The predicted octanol–water partition coefficient (Wildman–Crippen LogP) is 8.62. The highest BCUT2D eigenvalue weighted by Crippen LogP contribution is 2.36. The third-order valence-corrected chi connectivity index (χ3v) is 9.79. The molecule has 1 heterocycles. The van der Waals surface area contributed by atoms with E-state index in [9.17, 15) is 29.5 Å². The number of aliphatic hydroxyl groups is 3. The van der Waals surface area contributed by atoms with Crippen LogP contribution in [-0.2, 0) is 32.9 Å². The Morgan fingerprint density at radius 1 is 0.750 bits per heavy atom. The number of hydrogen-bond acceptors (Lipinski definition) is 10. The molecule has 1 saturated heterocycles. The number of hydrogen-bond donors (Lipinski definition) is 5. The number of esters is 2. The Balaban J connectivity index is 2.35. The van der Waals surface area contributed by atoms with E-state index in [1.807, 2.05) is 12.2 Å². The van der Waals surface area contributed by atoms with Gasteiger partial charge in [-0.05, 0) is 70.6 Å². The number of unbranched alkanes of at least 4 members (excludes halogenated alkanes) is 10. The number of rotatable bonds is 33. The molecule has 0 amide bonds. The van der Waals surface area contributed by atoms with Gasteiger partial charge in [0, 0.05) is 25.2 Å². The van der Waals surface area contributed by atoms with Gasteiger partial charge in [0.25, 0.3) is 0 Å². The summed E-state index contributed by atoms with van der Waals surface area (Å²) in [5.74, 6) is -1.42. The maximum atomic E-state index is 12.4. The maximum absolute atomic E-state index is 12.4. The van der Waals surface area contributed by atoms with Crippen molar-refractivity contribution in [3.63, 3.8) is 0 Å². The Bertz CT molecular complexity index is 1210. The van der Waals surface area contributed by atoms with E-state index in [4.69, 9.17) is 24.0 Å². The first kappa shape index (κ1) is 51.6. The highest BCUT2D eigenvalue weighted by Gasteiger charge is 2.35. The molecule has 1 rings (SSSR count). The highest BCUT2D eigenvalue weighted by atomic mass is 31.2. The molecule has 56 heavy (non-hydrogen) atoms. The van der Waals surface area contributed by atoms with Crippen LogP contribution in [0.3, 0.4) is 0 Å². The van der Waals surface area contributed by atoms with Crippen LogP contribution in [0.1, 0.15) is 149 Å². The molecule has 1 unspecified atom stereocenters. The lowest BCUT2D eigenvalue weighted by Crippen LogP contribution is -2.43. The van der Waals surface area contributed by atoms with Gasteiger partial charge in [0.2, 0.25) is 0 Å². The maximum Gasteiger partial charge on any atom is 0.469 e. The fourth-order valence-electron chi connectivity index (χ4n) is 6.06. The number of carbonyl (C=O) groups is 2. The summed E-state index contributed by atoms with van der Waals surface area (Å²) >= 11 is 0. The van der Waals surface area contributed by atoms with Gasteiger partial charge in [0.1, 0.15) is 6.61 Å². The molecule has 12 nitrogen and oxygen atoms in total. The molecule has 0 aromatic heterocycles. The lowest BCUT2D eigenvalue weighted by atomic mass is 9.87. The summed E-state index contributed by atoms with van der Waals surface area (Å²) in [7, 11) is -4.83. The molecule has 0 aliphatic carbocycles.